The average Bonchev–Trinajstić information content (AvgIpc) is 2.26. The summed E-state index contributed by atoms with van der Waals surface area (Å²) in [7, 11) is 1.64. The van der Waals surface area contributed by atoms with Crippen molar-refractivity contribution in [2.24, 2.45) is 5.92 Å². The minimum Gasteiger partial charge on any atom is -0.462 e. The first kappa shape index (κ1) is 8.53. The second-order valence-electron chi connectivity index (χ2n) is 2.96. The van der Waals surface area contributed by atoms with Crippen molar-refractivity contribution in [2.45, 2.75) is 25.9 Å². The van der Waals surface area contributed by atoms with Crippen molar-refractivity contribution in [1.82, 2.24) is 0 Å². The summed E-state index contributed by atoms with van der Waals surface area (Å²) in [5.41, 5.74) is 0. The maximum Gasteiger partial charge on any atom is 0.309 e. The van der Waals surface area contributed by atoms with Crippen molar-refractivity contribution in [3.8, 4) is 0 Å². The van der Waals surface area contributed by atoms with Gasteiger partial charge in [0, 0.05) is 13.7 Å². The molecule has 0 spiro atoms. The highest BCUT2D eigenvalue weighted by molar-refractivity contribution is 5.74. The molecule has 64 valence electrons. The van der Waals surface area contributed by atoms with Gasteiger partial charge in [-0.3, -0.25) is 4.79 Å². The predicted octanol–water partition coefficient (Wildman–Crippen LogP) is 0.974. The minimum absolute atomic E-state index is 0.0606. The van der Waals surface area contributed by atoms with Crippen LogP contribution in [0.15, 0.2) is 0 Å². The first-order valence-electron chi connectivity index (χ1n) is 3.93. The molecule has 3 nitrogen and oxygen atoms in total. The number of carbonyl (C=O) groups is 1. The van der Waals surface area contributed by atoms with E-state index in [-0.39, 0.29) is 18.0 Å². The molecule has 1 aliphatic rings. The first-order chi connectivity index (χ1) is 5.24. The molecular formula is C8H14O3. The zero-order valence-corrected chi connectivity index (χ0v) is 7.00. The van der Waals surface area contributed by atoms with Crippen LogP contribution in [0.2, 0.25) is 0 Å². The molecule has 3 heteroatoms. The van der Waals surface area contributed by atoms with Gasteiger partial charge in [-0.15, -0.1) is 0 Å². The number of hydrogen-bond donors (Lipinski definition) is 0. The number of esters is 1. The third-order valence-corrected chi connectivity index (χ3v) is 1.94. The van der Waals surface area contributed by atoms with Gasteiger partial charge >= 0.3 is 5.97 Å². The van der Waals surface area contributed by atoms with E-state index in [9.17, 15) is 4.79 Å². The van der Waals surface area contributed by atoms with Gasteiger partial charge in [-0.1, -0.05) is 0 Å². The topological polar surface area (TPSA) is 35.5 Å². The Balaban J connectivity index is 2.29. The van der Waals surface area contributed by atoms with E-state index in [0.29, 0.717) is 6.61 Å². The van der Waals surface area contributed by atoms with Gasteiger partial charge in [0.05, 0.1) is 12.0 Å². The lowest BCUT2D eigenvalue weighted by Gasteiger charge is -2.02. The highest BCUT2D eigenvalue weighted by atomic mass is 16.5. The Kier molecular flexibility index (Phi) is 2.88. The Morgan fingerprint density at radius 1 is 1.73 bits per heavy atom. The SMILES string of the molecule is COCC[C@@H]1C[C@@H](C)OC1=O. The number of ether oxygens (including phenoxy) is 2. The molecule has 2 atom stereocenters. The zero-order chi connectivity index (χ0) is 8.27. The largest absolute Gasteiger partial charge is 0.462 e. The van der Waals surface area contributed by atoms with Crippen LogP contribution in [0.25, 0.3) is 0 Å². The minimum atomic E-state index is -0.0606. The number of methoxy groups -OCH3 is 1. The van der Waals surface area contributed by atoms with Gasteiger partial charge in [-0.05, 0) is 19.8 Å². The molecule has 1 aliphatic heterocycles. The normalized spacial score (nSPS) is 30.5. The van der Waals surface area contributed by atoms with Gasteiger partial charge in [0.1, 0.15) is 0 Å². The van der Waals surface area contributed by atoms with Crippen molar-refractivity contribution in [3.63, 3.8) is 0 Å². The summed E-state index contributed by atoms with van der Waals surface area (Å²) in [5.74, 6) is 0.0134. The summed E-state index contributed by atoms with van der Waals surface area (Å²) in [4.78, 5) is 11.0. The van der Waals surface area contributed by atoms with Crippen LogP contribution in [-0.4, -0.2) is 25.8 Å². The van der Waals surface area contributed by atoms with Gasteiger partial charge in [0.2, 0.25) is 0 Å². The molecule has 0 aromatic heterocycles. The van der Waals surface area contributed by atoms with Crippen molar-refractivity contribution >= 4 is 5.97 Å². The molecule has 0 N–H and O–H groups in total. The van der Waals surface area contributed by atoms with Crippen LogP contribution in [0.1, 0.15) is 19.8 Å². The fraction of sp³-hybridized carbons (Fsp3) is 0.875. The Labute approximate surface area is 66.7 Å². The molecule has 0 unspecified atom stereocenters. The predicted molar refractivity (Wildman–Crippen MR) is 40.2 cm³/mol. The van der Waals surface area contributed by atoms with Crippen LogP contribution in [0.3, 0.4) is 0 Å². The molecule has 1 saturated heterocycles. The molecule has 1 heterocycles. The Bertz CT molecular complexity index is 144. The lowest BCUT2D eigenvalue weighted by Crippen LogP contribution is -2.09. The van der Waals surface area contributed by atoms with E-state index in [4.69, 9.17) is 9.47 Å². The van der Waals surface area contributed by atoms with E-state index in [2.05, 4.69) is 0 Å². The smallest absolute Gasteiger partial charge is 0.309 e. The molecule has 0 amide bonds. The van der Waals surface area contributed by atoms with Crippen LogP contribution in [0, 0.1) is 5.92 Å². The third-order valence-electron chi connectivity index (χ3n) is 1.94. The molecule has 1 fully saturated rings. The standard InChI is InChI=1S/C8H14O3/c1-6-5-7(3-4-10-2)8(9)11-6/h6-7H,3-5H2,1-2H3/t6-,7-/m1/s1. The van der Waals surface area contributed by atoms with Crippen molar-refractivity contribution in [1.29, 1.82) is 0 Å². The highest BCUT2D eigenvalue weighted by Gasteiger charge is 2.30. The van der Waals surface area contributed by atoms with Crippen LogP contribution < -0.4 is 0 Å². The molecular weight excluding hydrogens is 144 g/mol. The molecule has 1 rings (SSSR count). The molecule has 0 bridgehead atoms. The zero-order valence-electron chi connectivity index (χ0n) is 7.00. The van der Waals surface area contributed by atoms with E-state index in [1.807, 2.05) is 6.92 Å². The molecule has 0 aromatic carbocycles. The molecule has 0 radical (unpaired) electrons. The second-order valence-corrected chi connectivity index (χ2v) is 2.96. The highest BCUT2D eigenvalue weighted by Crippen LogP contribution is 2.23. The second kappa shape index (κ2) is 3.72. The number of hydrogen-bond acceptors (Lipinski definition) is 3. The van der Waals surface area contributed by atoms with Crippen LogP contribution in [0.4, 0.5) is 0 Å². The van der Waals surface area contributed by atoms with E-state index in [0.717, 1.165) is 12.8 Å². The fourth-order valence-corrected chi connectivity index (χ4v) is 1.34. The van der Waals surface area contributed by atoms with Gasteiger partial charge in [0.25, 0.3) is 0 Å². The summed E-state index contributed by atoms with van der Waals surface area (Å²) in [6, 6.07) is 0. The fourth-order valence-electron chi connectivity index (χ4n) is 1.34. The van der Waals surface area contributed by atoms with Crippen molar-refractivity contribution in [2.75, 3.05) is 13.7 Å². The van der Waals surface area contributed by atoms with E-state index < -0.39 is 0 Å². The molecule has 0 aliphatic carbocycles. The maximum absolute atomic E-state index is 11.0. The summed E-state index contributed by atoms with van der Waals surface area (Å²) in [6.07, 6.45) is 1.74. The van der Waals surface area contributed by atoms with Crippen molar-refractivity contribution < 1.29 is 14.3 Å². The lowest BCUT2D eigenvalue weighted by molar-refractivity contribution is -0.144. The Morgan fingerprint density at radius 2 is 2.45 bits per heavy atom. The Hall–Kier alpha value is -0.570. The van der Waals surface area contributed by atoms with Crippen molar-refractivity contribution in [3.05, 3.63) is 0 Å². The number of rotatable bonds is 3. The maximum atomic E-state index is 11.0. The lowest BCUT2D eigenvalue weighted by atomic mass is 10.0. The third kappa shape index (κ3) is 2.19. The molecule has 11 heavy (non-hydrogen) atoms. The molecule has 0 saturated carbocycles. The summed E-state index contributed by atoms with van der Waals surface area (Å²) < 4.78 is 9.86. The van der Waals surface area contributed by atoms with E-state index in [1.54, 1.807) is 7.11 Å². The summed E-state index contributed by atoms with van der Waals surface area (Å²) in [5, 5.41) is 0. The van der Waals surface area contributed by atoms with Gasteiger partial charge in [0.15, 0.2) is 0 Å². The first-order valence-corrected chi connectivity index (χ1v) is 3.93. The van der Waals surface area contributed by atoms with Crippen LogP contribution >= 0.6 is 0 Å². The van der Waals surface area contributed by atoms with E-state index >= 15 is 0 Å². The number of carbonyl (C=O) groups excluding carboxylic acids is 1. The Morgan fingerprint density at radius 3 is 2.91 bits per heavy atom. The average molecular weight is 158 g/mol. The van der Waals surface area contributed by atoms with Gasteiger partial charge < -0.3 is 9.47 Å². The monoisotopic (exact) mass is 158 g/mol. The van der Waals surface area contributed by atoms with Crippen LogP contribution in [0.5, 0.6) is 0 Å². The molecule has 0 aromatic rings. The number of cyclic esters (lactones) is 1. The van der Waals surface area contributed by atoms with E-state index in [1.165, 1.54) is 0 Å². The van der Waals surface area contributed by atoms with Crippen LogP contribution in [-0.2, 0) is 14.3 Å². The van der Waals surface area contributed by atoms with Gasteiger partial charge in [-0.25, -0.2) is 0 Å². The summed E-state index contributed by atoms with van der Waals surface area (Å²) >= 11 is 0. The summed E-state index contributed by atoms with van der Waals surface area (Å²) in [6.45, 7) is 2.57. The quantitative estimate of drug-likeness (QED) is 0.574. The van der Waals surface area contributed by atoms with Gasteiger partial charge in [-0.2, -0.15) is 0 Å².